The van der Waals surface area contributed by atoms with Crippen molar-refractivity contribution in [1.82, 2.24) is 9.88 Å². The zero-order valence-electron chi connectivity index (χ0n) is 22.5. The Bertz CT molecular complexity index is 1340. The van der Waals surface area contributed by atoms with Gasteiger partial charge in [0.15, 0.2) is 5.78 Å². The second kappa shape index (κ2) is 12.8. The van der Waals surface area contributed by atoms with Gasteiger partial charge in [0.25, 0.3) is 5.56 Å². The highest BCUT2D eigenvalue weighted by Crippen LogP contribution is 2.22. The predicted octanol–water partition coefficient (Wildman–Crippen LogP) is 4.82. The molecule has 0 radical (unpaired) electrons. The lowest BCUT2D eigenvalue weighted by Crippen LogP contribution is -2.41. The average Bonchev–Trinajstić information content (AvgIpc) is 3.42. The molecule has 206 valence electrons. The molecule has 0 bridgehead atoms. The highest BCUT2D eigenvalue weighted by molar-refractivity contribution is 6.11. The number of benzene rings is 2. The zero-order valence-corrected chi connectivity index (χ0v) is 22.5. The van der Waals surface area contributed by atoms with Crippen molar-refractivity contribution < 1.29 is 18.7 Å². The summed E-state index contributed by atoms with van der Waals surface area (Å²) in [5, 5.41) is 3.37. The fraction of sp³-hybridized carbons (Fsp3) is 0.387. The Kier molecular flexibility index (Phi) is 9.30. The molecule has 39 heavy (non-hydrogen) atoms. The SMILES string of the molecule is CC(C)C[C@@H](NCCc1ccc(-n2c(N)c(C(=O)c3ccc(F)cc3)ccc2=O)cc1)C(=O)OC1CCCC1. The van der Waals surface area contributed by atoms with Crippen LogP contribution < -0.4 is 16.6 Å². The molecule has 2 aromatic carbocycles. The van der Waals surface area contributed by atoms with Crippen LogP contribution in [0, 0.1) is 11.7 Å². The summed E-state index contributed by atoms with van der Waals surface area (Å²) in [4.78, 5) is 38.4. The Morgan fingerprint density at radius 1 is 1.03 bits per heavy atom. The van der Waals surface area contributed by atoms with Crippen LogP contribution in [0.3, 0.4) is 0 Å². The fourth-order valence-electron chi connectivity index (χ4n) is 4.96. The third-order valence-corrected chi connectivity index (χ3v) is 7.06. The largest absolute Gasteiger partial charge is 0.461 e. The molecule has 1 saturated carbocycles. The van der Waals surface area contributed by atoms with E-state index in [1.807, 2.05) is 12.1 Å². The van der Waals surface area contributed by atoms with Crippen molar-refractivity contribution >= 4 is 17.6 Å². The van der Waals surface area contributed by atoms with E-state index in [1.54, 1.807) is 12.1 Å². The predicted molar refractivity (Wildman–Crippen MR) is 150 cm³/mol. The molecular formula is C31H36FN3O4. The van der Waals surface area contributed by atoms with E-state index >= 15 is 0 Å². The number of halogens is 1. The van der Waals surface area contributed by atoms with E-state index < -0.39 is 11.6 Å². The molecule has 0 spiro atoms. The number of anilines is 1. The van der Waals surface area contributed by atoms with Gasteiger partial charge in [-0.05, 0) is 99.0 Å². The maximum atomic E-state index is 13.3. The van der Waals surface area contributed by atoms with Crippen LogP contribution in [0.4, 0.5) is 10.2 Å². The summed E-state index contributed by atoms with van der Waals surface area (Å²) in [7, 11) is 0. The molecule has 0 saturated heterocycles. The number of ether oxygens (including phenoxy) is 1. The maximum Gasteiger partial charge on any atom is 0.323 e. The van der Waals surface area contributed by atoms with Crippen LogP contribution in [0.2, 0.25) is 0 Å². The van der Waals surface area contributed by atoms with E-state index in [2.05, 4.69) is 19.2 Å². The molecule has 1 aliphatic rings. The number of rotatable bonds is 11. The minimum Gasteiger partial charge on any atom is -0.461 e. The molecule has 3 N–H and O–H groups in total. The minimum absolute atomic E-state index is 0.0172. The molecule has 1 aliphatic carbocycles. The zero-order chi connectivity index (χ0) is 27.9. The van der Waals surface area contributed by atoms with Gasteiger partial charge in [-0.3, -0.25) is 19.0 Å². The molecule has 1 atom stereocenters. The molecule has 4 rings (SSSR count). The van der Waals surface area contributed by atoms with E-state index in [1.165, 1.54) is 41.0 Å². The number of nitrogen functional groups attached to an aromatic ring is 1. The van der Waals surface area contributed by atoms with Gasteiger partial charge in [0.2, 0.25) is 0 Å². The Balaban J connectivity index is 1.42. The number of carbonyl (C=O) groups is 2. The summed E-state index contributed by atoms with van der Waals surface area (Å²) >= 11 is 0. The second-order valence-electron chi connectivity index (χ2n) is 10.5. The lowest BCUT2D eigenvalue weighted by atomic mass is 10.0. The Morgan fingerprint density at radius 2 is 1.69 bits per heavy atom. The second-order valence-corrected chi connectivity index (χ2v) is 10.5. The van der Waals surface area contributed by atoms with Gasteiger partial charge in [0, 0.05) is 11.6 Å². The van der Waals surface area contributed by atoms with E-state index in [4.69, 9.17) is 10.5 Å². The maximum absolute atomic E-state index is 13.3. The Hall–Kier alpha value is -3.78. The number of nitrogens with zero attached hydrogens (tertiary/aromatic N) is 1. The number of esters is 1. The van der Waals surface area contributed by atoms with Crippen molar-refractivity contribution in [3.63, 3.8) is 0 Å². The van der Waals surface area contributed by atoms with Crippen molar-refractivity contribution in [2.24, 2.45) is 5.92 Å². The fourth-order valence-corrected chi connectivity index (χ4v) is 4.96. The first-order valence-corrected chi connectivity index (χ1v) is 13.6. The summed E-state index contributed by atoms with van der Waals surface area (Å²) in [5.74, 6) is -0.641. The van der Waals surface area contributed by atoms with Crippen LogP contribution in [-0.4, -0.2) is 35.0 Å². The van der Waals surface area contributed by atoms with Crippen LogP contribution in [0.1, 0.15) is 67.4 Å². The lowest BCUT2D eigenvalue weighted by Gasteiger charge is -2.22. The van der Waals surface area contributed by atoms with Gasteiger partial charge >= 0.3 is 5.97 Å². The molecule has 1 fully saturated rings. The molecule has 0 amide bonds. The van der Waals surface area contributed by atoms with Crippen LogP contribution in [-0.2, 0) is 16.0 Å². The highest BCUT2D eigenvalue weighted by Gasteiger charge is 2.26. The summed E-state index contributed by atoms with van der Waals surface area (Å²) in [6.07, 6.45) is 5.55. The van der Waals surface area contributed by atoms with Gasteiger partial charge in [-0.1, -0.05) is 26.0 Å². The van der Waals surface area contributed by atoms with Crippen molar-refractivity contribution in [3.05, 3.63) is 93.5 Å². The van der Waals surface area contributed by atoms with E-state index in [9.17, 15) is 18.8 Å². The summed E-state index contributed by atoms with van der Waals surface area (Å²) in [5.41, 5.74) is 7.90. The van der Waals surface area contributed by atoms with Crippen molar-refractivity contribution in [2.75, 3.05) is 12.3 Å². The third-order valence-electron chi connectivity index (χ3n) is 7.06. The van der Waals surface area contributed by atoms with E-state index in [0.717, 1.165) is 31.2 Å². The van der Waals surface area contributed by atoms with Crippen molar-refractivity contribution in [1.29, 1.82) is 0 Å². The van der Waals surface area contributed by atoms with Crippen LogP contribution in [0.5, 0.6) is 0 Å². The van der Waals surface area contributed by atoms with Crippen molar-refractivity contribution in [3.8, 4) is 5.69 Å². The number of pyridine rings is 1. The van der Waals surface area contributed by atoms with E-state index in [0.29, 0.717) is 31.0 Å². The number of hydrogen-bond donors (Lipinski definition) is 2. The first kappa shape index (κ1) is 28.2. The van der Waals surface area contributed by atoms with Gasteiger partial charge in [-0.25, -0.2) is 4.39 Å². The average molecular weight is 534 g/mol. The van der Waals surface area contributed by atoms with Gasteiger partial charge < -0.3 is 15.8 Å². The van der Waals surface area contributed by atoms with Gasteiger partial charge in [-0.15, -0.1) is 0 Å². The van der Waals surface area contributed by atoms with Crippen LogP contribution >= 0.6 is 0 Å². The Labute approximate surface area is 228 Å². The van der Waals surface area contributed by atoms with Gasteiger partial charge in [0.1, 0.15) is 23.8 Å². The topological polar surface area (TPSA) is 103 Å². The summed E-state index contributed by atoms with van der Waals surface area (Å²) in [6.45, 7) is 4.78. The molecule has 0 aliphatic heterocycles. The first-order chi connectivity index (χ1) is 18.7. The lowest BCUT2D eigenvalue weighted by molar-refractivity contribution is -0.151. The highest BCUT2D eigenvalue weighted by atomic mass is 19.1. The molecule has 1 heterocycles. The molecule has 1 aromatic heterocycles. The quantitative estimate of drug-likeness (QED) is 0.271. The molecule has 0 unspecified atom stereocenters. The van der Waals surface area contributed by atoms with Gasteiger partial charge in [0.05, 0.1) is 11.3 Å². The molecule has 3 aromatic rings. The summed E-state index contributed by atoms with van der Waals surface area (Å²) < 4.78 is 20.3. The number of hydrogen-bond acceptors (Lipinski definition) is 6. The summed E-state index contributed by atoms with van der Waals surface area (Å²) in [6, 6.07) is 14.9. The van der Waals surface area contributed by atoms with Crippen LogP contribution in [0.15, 0.2) is 65.5 Å². The normalized spacial score (nSPS) is 14.5. The standard InChI is InChI=1S/C31H36FN3O4/c1-20(2)19-27(31(38)39-25-5-3-4-6-25)34-18-17-21-7-13-24(14-8-21)35-28(36)16-15-26(30(35)33)29(37)22-9-11-23(32)12-10-22/h7-16,20,25,27,34H,3-6,17-19,33H2,1-2H3/t27-/m1/s1. The smallest absolute Gasteiger partial charge is 0.323 e. The molecule has 8 heteroatoms. The van der Waals surface area contributed by atoms with Crippen molar-refractivity contribution in [2.45, 2.75) is 64.5 Å². The number of ketones is 1. The number of nitrogens with two attached hydrogens (primary N) is 1. The number of carbonyl (C=O) groups excluding carboxylic acids is 2. The third kappa shape index (κ3) is 7.20. The molecule has 7 nitrogen and oxygen atoms in total. The first-order valence-electron chi connectivity index (χ1n) is 13.6. The minimum atomic E-state index is -0.445. The van der Waals surface area contributed by atoms with Gasteiger partial charge in [-0.2, -0.15) is 0 Å². The number of nitrogens with one attached hydrogen (secondary N) is 1. The van der Waals surface area contributed by atoms with Crippen LogP contribution in [0.25, 0.3) is 5.69 Å². The Morgan fingerprint density at radius 3 is 2.33 bits per heavy atom. The van der Waals surface area contributed by atoms with E-state index in [-0.39, 0.29) is 40.6 Å². The monoisotopic (exact) mass is 533 g/mol. The molecular weight excluding hydrogens is 497 g/mol. The number of aromatic nitrogens is 1.